The molecule has 0 fully saturated rings. The van der Waals surface area contributed by atoms with Crippen molar-refractivity contribution in [3.8, 4) is 0 Å². The lowest BCUT2D eigenvalue weighted by molar-refractivity contribution is -0.00340. The van der Waals surface area contributed by atoms with Crippen molar-refractivity contribution in [1.29, 1.82) is 0 Å². The lowest BCUT2D eigenvalue weighted by atomic mass is 10.2. The average molecular weight is 241 g/mol. The van der Waals surface area contributed by atoms with Gasteiger partial charge in [0, 0.05) is 24.0 Å². The highest BCUT2D eigenvalue weighted by Crippen LogP contribution is 2.20. The summed E-state index contributed by atoms with van der Waals surface area (Å²) in [6.07, 6.45) is -2.76. The number of halogens is 2. The molecule has 0 saturated carbocycles. The lowest BCUT2D eigenvalue weighted by Crippen LogP contribution is -2.31. The Morgan fingerprint density at radius 2 is 2.06 bits per heavy atom. The second kappa shape index (κ2) is 5.25. The van der Waals surface area contributed by atoms with Crippen LogP contribution >= 0.6 is 0 Å². The van der Waals surface area contributed by atoms with E-state index in [1.165, 1.54) is 0 Å². The van der Waals surface area contributed by atoms with Crippen LogP contribution in [0.15, 0.2) is 34.9 Å². The third-order valence-corrected chi connectivity index (χ3v) is 2.52. The van der Waals surface area contributed by atoms with Crippen LogP contribution < -0.4 is 5.32 Å². The van der Waals surface area contributed by atoms with Crippen molar-refractivity contribution in [2.45, 2.75) is 19.1 Å². The van der Waals surface area contributed by atoms with Gasteiger partial charge in [-0.3, -0.25) is 0 Å². The van der Waals surface area contributed by atoms with E-state index in [-0.39, 0.29) is 6.54 Å². The minimum absolute atomic E-state index is 0.142. The molecule has 2 rings (SSSR count). The second-order valence-corrected chi connectivity index (χ2v) is 3.79. The van der Waals surface area contributed by atoms with Gasteiger partial charge in [0.1, 0.15) is 11.7 Å². The maximum Gasteiger partial charge on any atom is 0.265 e. The van der Waals surface area contributed by atoms with Crippen LogP contribution in [0.4, 0.5) is 8.78 Å². The molecule has 1 aromatic carbocycles. The molecule has 0 amide bonds. The number of aliphatic hydroxyl groups excluding tert-OH is 1. The van der Waals surface area contributed by atoms with Gasteiger partial charge >= 0.3 is 0 Å². The van der Waals surface area contributed by atoms with Gasteiger partial charge in [-0.2, -0.15) is 0 Å². The monoisotopic (exact) mass is 241 g/mol. The predicted octanol–water partition coefficient (Wildman–Crippen LogP) is 2.15. The fraction of sp³-hybridized carbons (Fsp3) is 0.333. The summed E-state index contributed by atoms with van der Waals surface area (Å²) in [5, 5.41) is 12.7. The summed E-state index contributed by atoms with van der Waals surface area (Å²) >= 11 is 0. The third kappa shape index (κ3) is 2.81. The van der Waals surface area contributed by atoms with Crippen molar-refractivity contribution < 1.29 is 18.3 Å². The van der Waals surface area contributed by atoms with Gasteiger partial charge in [0.05, 0.1) is 6.26 Å². The summed E-state index contributed by atoms with van der Waals surface area (Å²) in [4.78, 5) is 0. The Labute approximate surface area is 97.0 Å². The van der Waals surface area contributed by atoms with Crippen LogP contribution in [0.5, 0.6) is 0 Å². The molecule has 5 heteroatoms. The van der Waals surface area contributed by atoms with E-state index in [4.69, 9.17) is 9.52 Å². The summed E-state index contributed by atoms with van der Waals surface area (Å²) in [6, 6.07) is 7.49. The van der Waals surface area contributed by atoms with Crippen LogP contribution in [0.2, 0.25) is 0 Å². The van der Waals surface area contributed by atoms with E-state index in [0.717, 1.165) is 16.5 Å². The first-order valence-electron chi connectivity index (χ1n) is 5.30. The summed E-state index contributed by atoms with van der Waals surface area (Å²) in [5.74, 6) is 0. The molecule has 0 aliphatic carbocycles. The molecular formula is C12H13F2NO2. The van der Waals surface area contributed by atoms with Crippen molar-refractivity contribution in [3.63, 3.8) is 0 Å². The van der Waals surface area contributed by atoms with Gasteiger partial charge in [0.25, 0.3) is 6.43 Å². The van der Waals surface area contributed by atoms with Crippen LogP contribution in [0.25, 0.3) is 11.0 Å². The molecular weight excluding hydrogens is 228 g/mol. The van der Waals surface area contributed by atoms with E-state index in [9.17, 15) is 8.78 Å². The molecule has 0 radical (unpaired) electrons. The first-order valence-corrected chi connectivity index (χ1v) is 5.30. The van der Waals surface area contributed by atoms with E-state index in [2.05, 4.69) is 5.32 Å². The number of furan rings is 1. The molecule has 1 aromatic heterocycles. The highest BCUT2D eigenvalue weighted by atomic mass is 19.3. The molecule has 92 valence electrons. The Morgan fingerprint density at radius 3 is 2.82 bits per heavy atom. The molecule has 0 aliphatic heterocycles. The standard InChI is InChI=1S/C12H13F2NO2/c13-12(14)10(16)6-15-5-8-7-17-11-4-2-1-3-9(8)11/h1-4,7,10,12,15-16H,5-6H2. The zero-order valence-electron chi connectivity index (χ0n) is 9.07. The van der Waals surface area contributed by atoms with E-state index in [1.807, 2.05) is 24.3 Å². The summed E-state index contributed by atoms with van der Waals surface area (Å²) in [5.41, 5.74) is 1.65. The summed E-state index contributed by atoms with van der Waals surface area (Å²) in [7, 11) is 0. The SMILES string of the molecule is OC(CNCc1coc2ccccc12)C(F)F. The van der Waals surface area contributed by atoms with Gasteiger partial charge in [0.2, 0.25) is 0 Å². The van der Waals surface area contributed by atoms with Gasteiger partial charge in [-0.25, -0.2) is 8.78 Å². The number of hydrogen-bond donors (Lipinski definition) is 2. The molecule has 17 heavy (non-hydrogen) atoms. The maximum atomic E-state index is 12.0. The largest absolute Gasteiger partial charge is 0.464 e. The Kier molecular flexibility index (Phi) is 3.71. The fourth-order valence-corrected chi connectivity index (χ4v) is 1.61. The smallest absolute Gasteiger partial charge is 0.265 e. The van der Waals surface area contributed by atoms with E-state index >= 15 is 0 Å². The molecule has 1 heterocycles. The fourth-order valence-electron chi connectivity index (χ4n) is 1.61. The van der Waals surface area contributed by atoms with Crippen molar-refractivity contribution in [2.24, 2.45) is 0 Å². The Hall–Kier alpha value is -1.46. The zero-order chi connectivity index (χ0) is 12.3. The van der Waals surface area contributed by atoms with Crippen LogP contribution in [-0.2, 0) is 6.54 Å². The number of hydrogen-bond acceptors (Lipinski definition) is 3. The number of fused-ring (bicyclic) bond motifs is 1. The third-order valence-electron chi connectivity index (χ3n) is 2.52. The highest BCUT2D eigenvalue weighted by molar-refractivity contribution is 5.80. The number of rotatable bonds is 5. The van der Waals surface area contributed by atoms with Gasteiger partial charge in [-0.1, -0.05) is 18.2 Å². The maximum absolute atomic E-state index is 12.0. The highest BCUT2D eigenvalue weighted by Gasteiger charge is 2.16. The molecule has 0 spiro atoms. The molecule has 2 N–H and O–H groups in total. The predicted molar refractivity (Wildman–Crippen MR) is 59.9 cm³/mol. The summed E-state index contributed by atoms with van der Waals surface area (Å²) < 4.78 is 29.4. The van der Waals surface area contributed by atoms with Crippen LogP contribution in [0.1, 0.15) is 5.56 Å². The lowest BCUT2D eigenvalue weighted by Gasteiger charge is -2.09. The first-order chi connectivity index (χ1) is 8.18. The zero-order valence-corrected chi connectivity index (χ0v) is 9.07. The molecule has 1 atom stereocenters. The van der Waals surface area contributed by atoms with Crippen molar-refractivity contribution in [1.82, 2.24) is 5.32 Å². The van der Waals surface area contributed by atoms with Crippen molar-refractivity contribution >= 4 is 11.0 Å². The van der Waals surface area contributed by atoms with Crippen molar-refractivity contribution in [3.05, 3.63) is 36.1 Å². The Balaban J connectivity index is 1.95. The minimum Gasteiger partial charge on any atom is -0.464 e. The number of nitrogens with one attached hydrogen (secondary N) is 1. The van der Waals surface area contributed by atoms with Gasteiger partial charge in [-0.15, -0.1) is 0 Å². The number of para-hydroxylation sites is 1. The molecule has 1 unspecified atom stereocenters. The van der Waals surface area contributed by atoms with Crippen LogP contribution in [-0.4, -0.2) is 24.2 Å². The van der Waals surface area contributed by atoms with Crippen LogP contribution in [0.3, 0.4) is 0 Å². The second-order valence-electron chi connectivity index (χ2n) is 3.79. The van der Waals surface area contributed by atoms with E-state index in [1.54, 1.807) is 6.26 Å². The first kappa shape index (κ1) is 12.0. The number of aliphatic hydroxyl groups is 1. The van der Waals surface area contributed by atoms with Gasteiger partial charge in [0.15, 0.2) is 0 Å². The number of alkyl halides is 2. The Bertz CT molecular complexity index is 484. The molecule has 0 bridgehead atoms. The van der Waals surface area contributed by atoms with E-state index < -0.39 is 12.5 Å². The molecule has 0 saturated heterocycles. The average Bonchev–Trinajstić information content (AvgIpc) is 2.72. The quantitative estimate of drug-likeness (QED) is 0.843. The van der Waals surface area contributed by atoms with Crippen molar-refractivity contribution in [2.75, 3.05) is 6.54 Å². The Morgan fingerprint density at radius 1 is 1.29 bits per heavy atom. The normalized spacial score (nSPS) is 13.4. The van der Waals surface area contributed by atoms with Crippen LogP contribution in [0, 0.1) is 0 Å². The molecule has 0 aliphatic rings. The molecule has 3 nitrogen and oxygen atoms in total. The van der Waals surface area contributed by atoms with Gasteiger partial charge < -0.3 is 14.8 Å². The number of benzene rings is 1. The topological polar surface area (TPSA) is 45.4 Å². The van der Waals surface area contributed by atoms with E-state index in [0.29, 0.717) is 6.54 Å². The molecule has 2 aromatic rings. The summed E-state index contributed by atoms with van der Waals surface area (Å²) in [6.45, 7) is 0.248. The van der Waals surface area contributed by atoms with Gasteiger partial charge in [-0.05, 0) is 6.07 Å². The minimum atomic E-state index is -2.72.